The van der Waals surface area contributed by atoms with Gasteiger partial charge in [-0.3, -0.25) is 4.68 Å². The van der Waals surface area contributed by atoms with Crippen LogP contribution in [-0.4, -0.2) is 16.3 Å². The van der Waals surface area contributed by atoms with Crippen molar-refractivity contribution in [2.75, 3.05) is 6.54 Å². The first kappa shape index (κ1) is 11.9. The van der Waals surface area contributed by atoms with Gasteiger partial charge < -0.3 is 5.73 Å². The summed E-state index contributed by atoms with van der Waals surface area (Å²) < 4.78 is 39.5. The topological polar surface area (TPSA) is 43.8 Å². The molecule has 0 saturated heterocycles. The Morgan fingerprint density at radius 3 is 2.65 bits per heavy atom. The number of aryl methyl sites for hydroxylation is 1. The van der Waals surface area contributed by atoms with Crippen LogP contribution in [0.3, 0.4) is 0 Å². The average molecular weight is 243 g/mol. The van der Waals surface area contributed by atoms with Gasteiger partial charge in [0.2, 0.25) is 0 Å². The normalized spacial score (nSPS) is 12.3. The predicted molar refractivity (Wildman–Crippen MR) is 58.5 cm³/mol. The first-order valence-electron chi connectivity index (χ1n) is 5.16. The van der Waals surface area contributed by atoms with Gasteiger partial charge in [0.15, 0.2) is 5.69 Å². The third-order valence-electron chi connectivity index (χ3n) is 2.62. The lowest BCUT2D eigenvalue weighted by Crippen LogP contribution is -2.07. The van der Waals surface area contributed by atoms with Crippen LogP contribution in [-0.2, 0) is 19.6 Å². The van der Waals surface area contributed by atoms with Crippen LogP contribution in [0.2, 0.25) is 0 Å². The molecule has 6 heteroatoms. The van der Waals surface area contributed by atoms with Crippen molar-refractivity contribution in [3.63, 3.8) is 0 Å². The highest BCUT2D eigenvalue weighted by Gasteiger charge is 2.36. The molecule has 0 aliphatic heterocycles. The molecular formula is C11H12F3N3. The number of hydrogen-bond donors (Lipinski definition) is 1. The molecule has 0 fully saturated rings. The van der Waals surface area contributed by atoms with Crippen molar-refractivity contribution in [3.05, 3.63) is 29.5 Å². The number of hydrogen-bond acceptors (Lipinski definition) is 2. The number of halogens is 3. The third-order valence-corrected chi connectivity index (χ3v) is 2.62. The summed E-state index contributed by atoms with van der Waals surface area (Å²) in [6.07, 6.45) is -3.87. The maximum atomic E-state index is 12.7. The largest absolute Gasteiger partial charge is 0.435 e. The van der Waals surface area contributed by atoms with E-state index in [1.807, 2.05) is 0 Å². The minimum Gasteiger partial charge on any atom is -0.330 e. The average Bonchev–Trinajstić information content (AvgIpc) is 2.56. The molecule has 1 aromatic carbocycles. The first-order chi connectivity index (χ1) is 7.93. The molecule has 0 atom stereocenters. The van der Waals surface area contributed by atoms with Crippen LogP contribution >= 0.6 is 0 Å². The second kappa shape index (κ2) is 4.03. The Balaban J connectivity index is 2.65. The van der Waals surface area contributed by atoms with E-state index in [0.29, 0.717) is 18.5 Å². The fraction of sp³-hybridized carbons (Fsp3) is 0.364. The third kappa shape index (κ3) is 2.12. The highest BCUT2D eigenvalue weighted by molar-refractivity contribution is 5.83. The van der Waals surface area contributed by atoms with E-state index in [4.69, 9.17) is 5.73 Å². The number of alkyl halides is 3. The monoisotopic (exact) mass is 243 g/mol. The molecule has 0 spiro atoms. The molecule has 2 aromatic rings. The van der Waals surface area contributed by atoms with Gasteiger partial charge in [0.1, 0.15) is 0 Å². The van der Waals surface area contributed by atoms with Crippen molar-refractivity contribution in [3.8, 4) is 0 Å². The number of nitrogens with two attached hydrogens (primary N) is 1. The zero-order valence-electron chi connectivity index (χ0n) is 9.25. The van der Waals surface area contributed by atoms with Gasteiger partial charge >= 0.3 is 6.18 Å². The quantitative estimate of drug-likeness (QED) is 0.877. The van der Waals surface area contributed by atoms with E-state index >= 15 is 0 Å². The smallest absolute Gasteiger partial charge is 0.330 e. The van der Waals surface area contributed by atoms with Gasteiger partial charge in [0.25, 0.3) is 0 Å². The lowest BCUT2D eigenvalue weighted by atomic mass is 10.1. The second-order valence-corrected chi connectivity index (χ2v) is 3.86. The zero-order chi connectivity index (χ0) is 12.6. The van der Waals surface area contributed by atoms with Gasteiger partial charge in [-0.25, -0.2) is 0 Å². The van der Waals surface area contributed by atoms with Gasteiger partial charge in [-0.2, -0.15) is 18.3 Å². The van der Waals surface area contributed by atoms with E-state index in [0.717, 1.165) is 5.56 Å². The Labute approximate surface area is 96.0 Å². The van der Waals surface area contributed by atoms with Crippen LogP contribution in [0.25, 0.3) is 10.9 Å². The summed E-state index contributed by atoms with van der Waals surface area (Å²) in [5.74, 6) is 0. The summed E-state index contributed by atoms with van der Waals surface area (Å²) >= 11 is 0. The molecular weight excluding hydrogens is 231 g/mol. The predicted octanol–water partition coefficient (Wildman–Crippen LogP) is 2.09. The lowest BCUT2D eigenvalue weighted by molar-refractivity contribution is -0.140. The Kier molecular flexibility index (Phi) is 2.82. The van der Waals surface area contributed by atoms with Gasteiger partial charge in [0, 0.05) is 12.4 Å². The van der Waals surface area contributed by atoms with E-state index in [9.17, 15) is 13.2 Å². The SMILES string of the molecule is Cn1nc(C(F)(F)F)c2cc(CCN)ccc21. The molecule has 0 unspecified atom stereocenters. The maximum absolute atomic E-state index is 12.7. The van der Waals surface area contributed by atoms with E-state index < -0.39 is 11.9 Å². The number of benzene rings is 1. The minimum atomic E-state index is -4.43. The molecule has 0 radical (unpaired) electrons. The Hall–Kier alpha value is -1.56. The second-order valence-electron chi connectivity index (χ2n) is 3.86. The van der Waals surface area contributed by atoms with Gasteiger partial charge in [-0.15, -0.1) is 0 Å². The minimum absolute atomic E-state index is 0.131. The van der Waals surface area contributed by atoms with Crippen molar-refractivity contribution < 1.29 is 13.2 Å². The van der Waals surface area contributed by atoms with Crippen LogP contribution in [0.4, 0.5) is 13.2 Å². The Morgan fingerprint density at radius 2 is 2.06 bits per heavy atom. The Morgan fingerprint density at radius 1 is 1.35 bits per heavy atom. The molecule has 0 saturated carbocycles. The summed E-state index contributed by atoms with van der Waals surface area (Å²) in [5.41, 5.74) is 5.81. The molecule has 1 heterocycles. The summed E-state index contributed by atoms with van der Waals surface area (Å²) in [5, 5.41) is 3.65. The summed E-state index contributed by atoms with van der Waals surface area (Å²) in [7, 11) is 1.50. The molecule has 0 bridgehead atoms. The van der Waals surface area contributed by atoms with Crippen LogP contribution < -0.4 is 5.73 Å². The van der Waals surface area contributed by atoms with Crippen LogP contribution in [0, 0.1) is 0 Å². The van der Waals surface area contributed by atoms with E-state index in [1.165, 1.54) is 17.8 Å². The zero-order valence-corrected chi connectivity index (χ0v) is 9.25. The standard InChI is InChI=1S/C11H12F3N3/c1-17-9-3-2-7(4-5-15)6-8(9)10(16-17)11(12,13)14/h2-3,6H,4-5,15H2,1H3. The van der Waals surface area contributed by atoms with Gasteiger partial charge in [-0.05, 0) is 30.7 Å². The molecule has 2 rings (SSSR count). The summed E-state index contributed by atoms with van der Waals surface area (Å²) in [6, 6.07) is 4.93. The highest BCUT2D eigenvalue weighted by atomic mass is 19.4. The van der Waals surface area contributed by atoms with Gasteiger partial charge in [-0.1, -0.05) is 6.07 Å². The summed E-state index contributed by atoms with van der Waals surface area (Å²) in [6.45, 7) is 0.410. The van der Waals surface area contributed by atoms with E-state index in [2.05, 4.69) is 5.10 Å². The Bertz CT molecular complexity index is 543. The molecule has 3 nitrogen and oxygen atoms in total. The fourth-order valence-electron chi connectivity index (χ4n) is 1.84. The van der Waals surface area contributed by atoms with Crippen molar-refractivity contribution in [1.82, 2.24) is 9.78 Å². The maximum Gasteiger partial charge on any atom is 0.435 e. The van der Waals surface area contributed by atoms with E-state index in [1.54, 1.807) is 12.1 Å². The highest BCUT2D eigenvalue weighted by Crippen LogP contribution is 2.34. The van der Waals surface area contributed by atoms with Crippen LogP contribution in [0.5, 0.6) is 0 Å². The summed E-state index contributed by atoms with van der Waals surface area (Å²) in [4.78, 5) is 0. The van der Waals surface area contributed by atoms with E-state index in [-0.39, 0.29) is 5.39 Å². The number of aromatic nitrogens is 2. The molecule has 0 aliphatic carbocycles. The molecule has 2 N–H and O–H groups in total. The number of rotatable bonds is 2. The number of nitrogens with zero attached hydrogens (tertiary/aromatic N) is 2. The van der Waals surface area contributed by atoms with Crippen LogP contribution in [0.15, 0.2) is 18.2 Å². The van der Waals surface area contributed by atoms with Gasteiger partial charge in [0.05, 0.1) is 5.52 Å². The van der Waals surface area contributed by atoms with Crippen molar-refractivity contribution in [1.29, 1.82) is 0 Å². The van der Waals surface area contributed by atoms with Crippen molar-refractivity contribution in [2.24, 2.45) is 12.8 Å². The molecule has 17 heavy (non-hydrogen) atoms. The lowest BCUT2D eigenvalue weighted by Gasteiger charge is -2.03. The molecule has 92 valence electrons. The first-order valence-corrected chi connectivity index (χ1v) is 5.16. The van der Waals surface area contributed by atoms with Crippen LogP contribution in [0.1, 0.15) is 11.3 Å². The molecule has 0 aliphatic rings. The van der Waals surface area contributed by atoms with Crippen molar-refractivity contribution >= 4 is 10.9 Å². The molecule has 0 amide bonds. The number of fused-ring (bicyclic) bond motifs is 1. The fourth-order valence-corrected chi connectivity index (χ4v) is 1.84. The molecule has 1 aromatic heterocycles. The van der Waals surface area contributed by atoms with Crippen molar-refractivity contribution in [2.45, 2.75) is 12.6 Å².